The highest BCUT2D eigenvalue weighted by Crippen LogP contribution is 2.42. The number of carbonyl (C=O) groups excluding carboxylic acids is 2. The lowest BCUT2D eigenvalue weighted by atomic mass is 9.78. The number of carbonyl (C=O) groups is 2. The second-order valence-corrected chi connectivity index (χ2v) is 7.41. The fraction of sp³-hybridized carbons (Fsp3) is 0.500. The van der Waals surface area contributed by atoms with Gasteiger partial charge in [0.1, 0.15) is 6.61 Å². The number of pyridine rings is 1. The summed E-state index contributed by atoms with van der Waals surface area (Å²) >= 11 is 0. The Balaban J connectivity index is 1.52. The van der Waals surface area contributed by atoms with E-state index < -0.39 is 5.54 Å². The molecule has 2 aliphatic rings. The van der Waals surface area contributed by atoms with Gasteiger partial charge in [-0.25, -0.2) is 4.98 Å². The molecule has 1 saturated heterocycles. The van der Waals surface area contributed by atoms with Crippen LogP contribution in [0.2, 0.25) is 0 Å². The zero-order chi connectivity index (χ0) is 19.6. The molecule has 4 rings (SSSR count). The van der Waals surface area contributed by atoms with Crippen LogP contribution in [0, 0.1) is 0 Å². The van der Waals surface area contributed by atoms with Gasteiger partial charge in [-0.3, -0.25) is 14.6 Å². The van der Waals surface area contributed by atoms with E-state index in [-0.39, 0.29) is 18.4 Å². The van der Waals surface area contributed by atoms with Gasteiger partial charge in [0.2, 0.25) is 11.8 Å². The van der Waals surface area contributed by atoms with Gasteiger partial charge in [0.15, 0.2) is 0 Å². The molecule has 0 radical (unpaired) electrons. The van der Waals surface area contributed by atoms with Crippen molar-refractivity contribution < 1.29 is 14.3 Å². The summed E-state index contributed by atoms with van der Waals surface area (Å²) in [6.07, 6.45) is 7.60. The largest absolute Gasteiger partial charge is 0.375 e. The predicted molar refractivity (Wildman–Crippen MR) is 101 cm³/mol. The Kier molecular flexibility index (Phi) is 5.13. The number of rotatable bonds is 4. The van der Waals surface area contributed by atoms with Crippen molar-refractivity contribution in [1.29, 1.82) is 0 Å². The number of H-pyrrole nitrogens is 1. The predicted octanol–water partition coefficient (Wildman–Crippen LogP) is 0.896. The summed E-state index contributed by atoms with van der Waals surface area (Å²) in [6.45, 7) is 1.90. The summed E-state index contributed by atoms with van der Waals surface area (Å²) in [4.78, 5) is 41.1. The third-order valence-electron chi connectivity index (χ3n) is 5.85. The molecule has 0 bridgehead atoms. The van der Waals surface area contributed by atoms with E-state index in [4.69, 9.17) is 4.74 Å². The van der Waals surface area contributed by atoms with Crippen molar-refractivity contribution in [2.45, 2.75) is 31.2 Å². The van der Waals surface area contributed by atoms with Gasteiger partial charge in [0.25, 0.3) is 0 Å². The summed E-state index contributed by atoms with van der Waals surface area (Å²) in [5, 5.41) is 0. The van der Waals surface area contributed by atoms with Crippen LogP contribution in [0.1, 0.15) is 29.8 Å². The molecule has 4 heterocycles. The number of nitrogens with zero attached hydrogens (tertiary/aromatic N) is 4. The Bertz CT molecular complexity index is 843. The van der Waals surface area contributed by atoms with Crippen LogP contribution in [0.5, 0.6) is 0 Å². The third-order valence-corrected chi connectivity index (χ3v) is 5.85. The lowest BCUT2D eigenvalue weighted by Gasteiger charge is -2.50. The van der Waals surface area contributed by atoms with Gasteiger partial charge >= 0.3 is 0 Å². The first kappa shape index (κ1) is 18.6. The number of imidazole rings is 1. The molecule has 28 heavy (non-hydrogen) atoms. The molecule has 2 aliphatic heterocycles. The number of fused-ring (bicyclic) bond motifs is 2. The van der Waals surface area contributed by atoms with Crippen molar-refractivity contribution in [3.63, 3.8) is 0 Å². The lowest BCUT2D eigenvalue weighted by molar-refractivity contribution is -0.147. The molecule has 1 N–H and O–H groups in total. The van der Waals surface area contributed by atoms with Crippen LogP contribution >= 0.6 is 0 Å². The molecular weight excluding hydrogens is 358 g/mol. The number of hydrogen-bond acceptors (Lipinski definition) is 5. The molecule has 2 aromatic heterocycles. The van der Waals surface area contributed by atoms with E-state index >= 15 is 0 Å². The molecule has 0 saturated carbocycles. The van der Waals surface area contributed by atoms with E-state index in [1.165, 1.54) is 7.11 Å². The fourth-order valence-corrected chi connectivity index (χ4v) is 4.46. The summed E-state index contributed by atoms with van der Waals surface area (Å²) in [5.74, 6) is 0.0713. The topological polar surface area (TPSA) is 91.4 Å². The molecule has 8 nitrogen and oxygen atoms in total. The quantitative estimate of drug-likeness (QED) is 0.847. The first-order chi connectivity index (χ1) is 13.6. The van der Waals surface area contributed by atoms with Crippen LogP contribution in [0.4, 0.5) is 0 Å². The van der Waals surface area contributed by atoms with Crippen molar-refractivity contribution in [2.24, 2.45) is 0 Å². The standard InChI is InChI=1S/C20H25N5O3/c1-28-13-18(27)25-8-4-16-19(23-14-22-16)20(25)5-9-24(10-6-20)17(26)11-15-3-2-7-21-12-15/h2-3,7,12,14H,4-6,8-11,13H2,1H3,(H,22,23). The van der Waals surface area contributed by atoms with Crippen molar-refractivity contribution in [1.82, 2.24) is 24.8 Å². The molecule has 0 atom stereocenters. The second-order valence-electron chi connectivity index (χ2n) is 7.41. The molecule has 2 amide bonds. The molecule has 1 spiro atoms. The number of nitrogens with one attached hydrogen (secondary N) is 1. The average molecular weight is 383 g/mol. The Labute approximate surface area is 163 Å². The first-order valence-corrected chi connectivity index (χ1v) is 9.63. The summed E-state index contributed by atoms with van der Waals surface area (Å²) in [5.41, 5.74) is 2.49. The van der Waals surface area contributed by atoms with E-state index in [1.807, 2.05) is 21.9 Å². The summed E-state index contributed by atoms with van der Waals surface area (Å²) in [7, 11) is 1.54. The van der Waals surface area contributed by atoms with Gasteiger partial charge in [-0.1, -0.05) is 6.07 Å². The zero-order valence-corrected chi connectivity index (χ0v) is 16.1. The van der Waals surface area contributed by atoms with Crippen LogP contribution in [-0.2, 0) is 32.7 Å². The van der Waals surface area contributed by atoms with Crippen LogP contribution in [0.15, 0.2) is 30.9 Å². The Morgan fingerprint density at radius 3 is 2.79 bits per heavy atom. The van der Waals surface area contributed by atoms with Gasteiger partial charge < -0.3 is 19.5 Å². The molecule has 0 aliphatic carbocycles. The van der Waals surface area contributed by atoms with Crippen LogP contribution in [-0.4, -0.2) is 69.9 Å². The molecule has 2 aromatic rings. The Morgan fingerprint density at radius 2 is 2.07 bits per heavy atom. The number of aromatic amines is 1. The van der Waals surface area contributed by atoms with Gasteiger partial charge in [-0.2, -0.15) is 0 Å². The number of piperidine rings is 1. The van der Waals surface area contributed by atoms with E-state index in [0.717, 1.165) is 23.4 Å². The molecule has 8 heteroatoms. The Morgan fingerprint density at radius 1 is 1.25 bits per heavy atom. The number of methoxy groups -OCH3 is 1. The van der Waals surface area contributed by atoms with Crippen LogP contribution in [0.3, 0.4) is 0 Å². The first-order valence-electron chi connectivity index (χ1n) is 9.63. The van der Waals surface area contributed by atoms with E-state index in [2.05, 4.69) is 15.0 Å². The number of aromatic nitrogens is 3. The van der Waals surface area contributed by atoms with Crippen LogP contribution < -0.4 is 0 Å². The molecule has 1 fully saturated rings. The van der Waals surface area contributed by atoms with Crippen molar-refractivity contribution >= 4 is 11.8 Å². The Hall–Kier alpha value is -2.74. The summed E-state index contributed by atoms with van der Waals surface area (Å²) in [6, 6.07) is 3.76. The SMILES string of the molecule is COCC(=O)N1CCc2[nH]cnc2C12CCN(C(=O)Cc1cccnc1)CC2. The number of amides is 2. The zero-order valence-electron chi connectivity index (χ0n) is 16.1. The van der Waals surface area contributed by atoms with Crippen molar-refractivity contribution in [3.05, 3.63) is 47.8 Å². The third kappa shape index (κ3) is 3.28. The van der Waals surface area contributed by atoms with E-state index in [1.54, 1.807) is 18.7 Å². The summed E-state index contributed by atoms with van der Waals surface area (Å²) < 4.78 is 5.10. The maximum absolute atomic E-state index is 12.7. The maximum Gasteiger partial charge on any atom is 0.249 e. The minimum atomic E-state index is -0.464. The smallest absolute Gasteiger partial charge is 0.249 e. The lowest BCUT2D eigenvalue weighted by Crippen LogP contribution is -2.59. The number of ether oxygens (including phenoxy) is 1. The van der Waals surface area contributed by atoms with Gasteiger partial charge in [0.05, 0.1) is 24.0 Å². The second kappa shape index (κ2) is 7.71. The molecular formula is C20H25N5O3. The van der Waals surface area contributed by atoms with Crippen LogP contribution in [0.25, 0.3) is 0 Å². The minimum Gasteiger partial charge on any atom is -0.375 e. The van der Waals surface area contributed by atoms with Gasteiger partial charge in [-0.05, 0) is 24.5 Å². The highest BCUT2D eigenvalue weighted by atomic mass is 16.5. The normalized spacial score (nSPS) is 18.2. The monoisotopic (exact) mass is 383 g/mol. The van der Waals surface area contributed by atoms with Gasteiger partial charge in [-0.15, -0.1) is 0 Å². The van der Waals surface area contributed by atoms with Crippen molar-refractivity contribution in [2.75, 3.05) is 33.4 Å². The molecule has 148 valence electrons. The van der Waals surface area contributed by atoms with E-state index in [0.29, 0.717) is 38.9 Å². The highest BCUT2D eigenvalue weighted by molar-refractivity contribution is 5.80. The number of hydrogen-bond donors (Lipinski definition) is 1. The average Bonchev–Trinajstić information content (AvgIpc) is 3.20. The fourth-order valence-electron chi connectivity index (χ4n) is 4.46. The highest BCUT2D eigenvalue weighted by Gasteiger charge is 2.48. The maximum atomic E-state index is 12.7. The van der Waals surface area contributed by atoms with Crippen molar-refractivity contribution in [3.8, 4) is 0 Å². The van der Waals surface area contributed by atoms with Gasteiger partial charge in [0, 0.05) is 51.3 Å². The molecule has 0 aromatic carbocycles. The van der Waals surface area contributed by atoms with E-state index in [9.17, 15) is 9.59 Å². The molecule has 0 unspecified atom stereocenters. The number of likely N-dealkylation sites (tertiary alicyclic amines) is 1. The minimum absolute atomic E-state index is 0.0220.